The van der Waals surface area contributed by atoms with Gasteiger partial charge >= 0.3 is 5.97 Å². The number of aromatic nitrogens is 3. The number of hydrogen-bond acceptors (Lipinski definition) is 5. The van der Waals surface area contributed by atoms with E-state index in [-0.39, 0.29) is 5.56 Å². The highest BCUT2D eigenvalue weighted by Crippen LogP contribution is 2.10. The van der Waals surface area contributed by atoms with Gasteiger partial charge in [0, 0.05) is 6.54 Å². The number of carboxylic acid groups (broad SMARTS) is 1. The van der Waals surface area contributed by atoms with Gasteiger partial charge in [-0.05, 0) is 36.8 Å². The van der Waals surface area contributed by atoms with Crippen LogP contribution in [0.15, 0.2) is 24.3 Å². The van der Waals surface area contributed by atoms with E-state index in [0.29, 0.717) is 17.1 Å². The van der Waals surface area contributed by atoms with E-state index in [2.05, 4.69) is 20.5 Å². The van der Waals surface area contributed by atoms with E-state index in [4.69, 9.17) is 17.3 Å². The summed E-state index contributed by atoms with van der Waals surface area (Å²) in [5, 5.41) is 18.5. The normalized spacial score (nSPS) is 10.2. The van der Waals surface area contributed by atoms with Gasteiger partial charge in [0.05, 0.1) is 11.3 Å². The molecule has 2 aromatic rings. The van der Waals surface area contributed by atoms with Crippen molar-refractivity contribution in [3.63, 3.8) is 0 Å². The maximum Gasteiger partial charge on any atom is 0.335 e. The molecular formula is C12H12N4O2S. The number of rotatable bonds is 4. The van der Waals surface area contributed by atoms with Gasteiger partial charge in [-0.3, -0.25) is 5.10 Å². The molecule has 0 radical (unpaired) electrons. The number of anilines is 1. The molecule has 0 aliphatic carbocycles. The van der Waals surface area contributed by atoms with E-state index in [1.165, 1.54) is 0 Å². The van der Waals surface area contributed by atoms with Gasteiger partial charge in [0.25, 0.3) is 0 Å². The Labute approximate surface area is 114 Å². The summed E-state index contributed by atoms with van der Waals surface area (Å²) in [7, 11) is 0. The third-order valence-electron chi connectivity index (χ3n) is 2.54. The Bertz CT molecular complexity index is 652. The quantitative estimate of drug-likeness (QED) is 0.741. The summed E-state index contributed by atoms with van der Waals surface area (Å²) in [4.78, 5) is 14.8. The molecule has 2 rings (SSSR count). The second kappa shape index (κ2) is 5.57. The minimum absolute atomic E-state index is 0.266. The minimum Gasteiger partial charge on any atom is -0.478 e. The van der Waals surface area contributed by atoms with E-state index < -0.39 is 5.97 Å². The van der Waals surface area contributed by atoms with Gasteiger partial charge in [0.2, 0.25) is 4.77 Å². The molecule has 7 heteroatoms. The lowest BCUT2D eigenvalue weighted by Crippen LogP contribution is -2.06. The number of aryl methyl sites for hydroxylation is 1. The van der Waals surface area contributed by atoms with Crippen molar-refractivity contribution in [1.82, 2.24) is 15.2 Å². The van der Waals surface area contributed by atoms with Gasteiger partial charge in [-0.15, -0.1) is 0 Å². The van der Waals surface area contributed by atoms with Crippen molar-refractivity contribution < 1.29 is 9.90 Å². The van der Waals surface area contributed by atoms with Crippen LogP contribution in [-0.4, -0.2) is 26.3 Å². The lowest BCUT2D eigenvalue weighted by atomic mass is 10.1. The molecule has 0 bridgehead atoms. The van der Waals surface area contributed by atoms with Gasteiger partial charge in [0.15, 0.2) is 5.82 Å². The lowest BCUT2D eigenvalue weighted by molar-refractivity contribution is 0.0697. The third kappa shape index (κ3) is 3.35. The van der Waals surface area contributed by atoms with Crippen LogP contribution in [0.5, 0.6) is 0 Å². The van der Waals surface area contributed by atoms with Crippen LogP contribution in [0.4, 0.5) is 5.82 Å². The topological polar surface area (TPSA) is 90.9 Å². The minimum atomic E-state index is -0.935. The SMILES string of the molecule is Cc1n[nH]c(=S)nc1NCc1ccc(C(=O)O)cc1. The molecule has 19 heavy (non-hydrogen) atoms. The number of nitrogens with zero attached hydrogens (tertiary/aromatic N) is 2. The number of aromatic carboxylic acids is 1. The van der Waals surface area contributed by atoms with Crippen LogP contribution in [0.2, 0.25) is 0 Å². The summed E-state index contributed by atoms with van der Waals surface area (Å²) in [5.74, 6) is -0.318. The summed E-state index contributed by atoms with van der Waals surface area (Å²) in [5.41, 5.74) is 1.93. The molecular weight excluding hydrogens is 264 g/mol. The van der Waals surface area contributed by atoms with Crippen molar-refractivity contribution >= 4 is 24.0 Å². The van der Waals surface area contributed by atoms with E-state index in [1.807, 2.05) is 6.92 Å². The van der Waals surface area contributed by atoms with Gasteiger partial charge in [0.1, 0.15) is 0 Å². The monoisotopic (exact) mass is 276 g/mol. The smallest absolute Gasteiger partial charge is 0.335 e. The highest BCUT2D eigenvalue weighted by Gasteiger charge is 2.03. The molecule has 0 aliphatic heterocycles. The maximum atomic E-state index is 10.7. The second-order valence-corrected chi connectivity index (χ2v) is 4.32. The number of H-pyrrole nitrogens is 1. The largest absolute Gasteiger partial charge is 0.478 e. The summed E-state index contributed by atoms with van der Waals surface area (Å²) in [6, 6.07) is 6.64. The molecule has 0 aliphatic rings. The van der Waals surface area contributed by atoms with E-state index >= 15 is 0 Å². The van der Waals surface area contributed by atoms with Crippen LogP contribution < -0.4 is 5.32 Å². The number of carbonyl (C=O) groups is 1. The van der Waals surface area contributed by atoms with Gasteiger partial charge in [-0.2, -0.15) is 10.1 Å². The van der Waals surface area contributed by atoms with Crippen LogP contribution >= 0.6 is 12.2 Å². The van der Waals surface area contributed by atoms with Crippen LogP contribution in [0, 0.1) is 11.7 Å². The molecule has 98 valence electrons. The van der Waals surface area contributed by atoms with Crippen molar-refractivity contribution in [1.29, 1.82) is 0 Å². The predicted octanol–water partition coefficient (Wildman–Crippen LogP) is 2.15. The third-order valence-corrected chi connectivity index (χ3v) is 2.72. The molecule has 1 heterocycles. The Hall–Kier alpha value is -2.28. The second-order valence-electron chi connectivity index (χ2n) is 3.93. The summed E-state index contributed by atoms with van der Waals surface area (Å²) >= 11 is 4.90. The number of nitrogens with one attached hydrogen (secondary N) is 2. The average Bonchev–Trinajstić information content (AvgIpc) is 2.40. The highest BCUT2D eigenvalue weighted by atomic mass is 32.1. The standard InChI is InChI=1S/C12H12N4O2S/c1-7-10(14-12(19)16-15-7)13-6-8-2-4-9(5-3-8)11(17)18/h2-5H,6H2,1H3,(H,17,18)(H2,13,14,16,19). The molecule has 0 amide bonds. The number of benzene rings is 1. The molecule has 1 aromatic heterocycles. The van der Waals surface area contributed by atoms with E-state index in [0.717, 1.165) is 11.3 Å². The zero-order valence-electron chi connectivity index (χ0n) is 10.2. The van der Waals surface area contributed by atoms with Crippen LogP contribution in [0.1, 0.15) is 21.6 Å². The van der Waals surface area contributed by atoms with Crippen molar-refractivity contribution in [3.8, 4) is 0 Å². The molecule has 1 aromatic carbocycles. The number of aromatic amines is 1. The van der Waals surface area contributed by atoms with Gasteiger partial charge in [-0.25, -0.2) is 4.79 Å². The maximum absolute atomic E-state index is 10.7. The zero-order valence-corrected chi connectivity index (χ0v) is 11.0. The predicted molar refractivity (Wildman–Crippen MR) is 72.7 cm³/mol. The Morgan fingerprint density at radius 3 is 2.74 bits per heavy atom. The summed E-state index contributed by atoms with van der Waals surface area (Å²) < 4.78 is 0.314. The van der Waals surface area contributed by atoms with Crippen molar-refractivity contribution in [2.24, 2.45) is 0 Å². The number of hydrogen-bond donors (Lipinski definition) is 3. The fraction of sp³-hybridized carbons (Fsp3) is 0.167. The average molecular weight is 276 g/mol. The molecule has 0 unspecified atom stereocenters. The van der Waals surface area contributed by atoms with Gasteiger partial charge in [-0.1, -0.05) is 12.1 Å². The van der Waals surface area contributed by atoms with E-state index in [9.17, 15) is 4.79 Å². The summed E-state index contributed by atoms with van der Waals surface area (Å²) in [6.45, 7) is 2.34. The van der Waals surface area contributed by atoms with Crippen LogP contribution in [0.3, 0.4) is 0 Å². The van der Waals surface area contributed by atoms with Crippen LogP contribution in [0.25, 0.3) is 0 Å². The van der Waals surface area contributed by atoms with E-state index in [1.54, 1.807) is 24.3 Å². The first-order chi connectivity index (χ1) is 9.06. The Morgan fingerprint density at radius 1 is 1.42 bits per heavy atom. The molecule has 3 N–H and O–H groups in total. The fourth-order valence-corrected chi connectivity index (χ4v) is 1.65. The molecule has 0 fully saturated rings. The molecule has 0 saturated heterocycles. The van der Waals surface area contributed by atoms with Gasteiger partial charge < -0.3 is 10.4 Å². The zero-order chi connectivity index (χ0) is 13.8. The molecule has 0 atom stereocenters. The molecule has 0 spiro atoms. The highest BCUT2D eigenvalue weighted by molar-refractivity contribution is 7.71. The van der Waals surface area contributed by atoms with Crippen molar-refractivity contribution in [2.45, 2.75) is 13.5 Å². The first kappa shape index (κ1) is 13.2. The Balaban J connectivity index is 2.08. The summed E-state index contributed by atoms with van der Waals surface area (Å²) in [6.07, 6.45) is 0. The molecule has 6 nitrogen and oxygen atoms in total. The van der Waals surface area contributed by atoms with Crippen molar-refractivity contribution in [3.05, 3.63) is 45.9 Å². The Morgan fingerprint density at radius 2 is 2.11 bits per heavy atom. The number of carboxylic acids is 1. The van der Waals surface area contributed by atoms with Crippen LogP contribution in [-0.2, 0) is 6.54 Å². The lowest BCUT2D eigenvalue weighted by Gasteiger charge is -2.07. The fourth-order valence-electron chi connectivity index (χ4n) is 1.51. The van der Waals surface area contributed by atoms with Crippen molar-refractivity contribution in [2.75, 3.05) is 5.32 Å². The Kier molecular flexibility index (Phi) is 3.86. The first-order valence-corrected chi connectivity index (χ1v) is 5.96. The molecule has 0 saturated carbocycles. The first-order valence-electron chi connectivity index (χ1n) is 5.55.